The van der Waals surface area contributed by atoms with E-state index in [1.807, 2.05) is 65.6 Å². The molecular weight excluding hydrogens is 570 g/mol. The van der Waals surface area contributed by atoms with Crippen LogP contribution in [0.3, 0.4) is 0 Å². The van der Waals surface area contributed by atoms with Crippen LogP contribution in [0.4, 0.5) is 5.82 Å². The lowest BCUT2D eigenvalue weighted by atomic mass is 10.1. The van der Waals surface area contributed by atoms with Gasteiger partial charge >= 0.3 is 0 Å². The van der Waals surface area contributed by atoms with Crippen molar-refractivity contribution in [1.29, 1.82) is 0 Å². The number of carbonyl (C=O) groups excluding carboxylic acids is 2. The molecule has 0 saturated carbocycles. The van der Waals surface area contributed by atoms with E-state index >= 15 is 0 Å². The molecule has 0 atom stereocenters. The van der Waals surface area contributed by atoms with E-state index in [0.29, 0.717) is 55.4 Å². The molecule has 1 fully saturated rings. The van der Waals surface area contributed by atoms with Gasteiger partial charge in [0.1, 0.15) is 12.3 Å². The summed E-state index contributed by atoms with van der Waals surface area (Å²) in [5.74, 6) is 2.46. The standard InChI is InChI=1S/C35H39N5O5/c1-43-29-13-10-27(11-14-29)35(42)40(21-18-26-8-5-4-6-9-26)25-34(41)39-20-7-19-38(22-23-39)33-17-15-30(36-37-33)28-12-16-31(44-2)32(24-28)45-3/h4-6,8-17,24H,7,18-23,25H2,1-3H3. The largest absolute Gasteiger partial charge is 0.497 e. The second-order valence-electron chi connectivity index (χ2n) is 10.8. The Morgan fingerprint density at radius 1 is 0.778 bits per heavy atom. The smallest absolute Gasteiger partial charge is 0.254 e. The molecule has 3 aromatic carbocycles. The van der Waals surface area contributed by atoms with Crippen molar-refractivity contribution in [2.75, 3.05) is 65.5 Å². The molecule has 0 unspecified atom stereocenters. The summed E-state index contributed by atoms with van der Waals surface area (Å²) in [5.41, 5.74) is 3.23. The van der Waals surface area contributed by atoms with Crippen LogP contribution in [0.2, 0.25) is 0 Å². The summed E-state index contributed by atoms with van der Waals surface area (Å²) in [5, 5.41) is 8.96. The lowest BCUT2D eigenvalue weighted by Crippen LogP contribution is -2.45. The number of carbonyl (C=O) groups is 2. The van der Waals surface area contributed by atoms with Crippen molar-refractivity contribution in [3.63, 3.8) is 0 Å². The first-order valence-corrected chi connectivity index (χ1v) is 15.0. The van der Waals surface area contributed by atoms with E-state index in [0.717, 1.165) is 35.6 Å². The summed E-state index contributed by atoms with van der Waals surface area (Å²) >= 11 is 0. The third-order valence-electron chi connectivity index (χ3n) is 7.97. The molecule has 1 saturated heterocycles. The Labute approximate surface area is 264 Å². The van der Waals surface area contributed by atoms with Crippen LogP contribution in [0.5, 0.6) is 17.2 Å². The molecule has 2 amide bonds. The molecule has 1 aliphatic rings. The van der Waals surface area contributed by atoms with Crippen LogP contribution in [0.1, 0.15) is 22.3 Å². The minimum absolute atomic E-state index is 0.0114. The zero-order chi connectivity index (χ0) is 31.6. The highest BCUT2D eigenvalue weighted by atomic mass is 16.5. The lowest BCUT2D eigenvalue weighted by Gasteiger charge is -2.27. The number of methoxy groups -OCH3 is 3. The third-order valence-corrected chi connectivity index (χ3v) is 7.97. The number of nitrogens with zero attached hydrogens (tertiary/aromatic N) is 5. The number of amides is 2. The van der Waals surface area contributed by atoms with E-state index in [9.17, 15) is 9.59 Å². The molecule has 5 rings (SSSR count). The summed E-state index contributed by atoms with van der Waals surface area (Å²) in [6, 6.07) is 26.5. The van der Waals surface area contributed by atoms with Gasteiger partial charge in [-0.25, -0.2) is 0 Å². The quantitative estimate of drug-likeness (QED) is 0.244. The highest BCUT2D eigenvalue weighted by Gasteiger charge is 2.25. The molecule has 0 bridgehead atoms. The van der Waals surface area contributed by atoms with Crippen LogP contribution in [0.15, 0.2) is 84.9 Å². The second kappa shape index (κ2) is 15.1. The average molecular weight is 610 g/mol. The van der Waals surface area contributed by atoms with Crippen molar-refractivity contribution in [3.05, 3.63) is 96.1 Å². The van der Waals surface area contributed by atoms with Crippen LogP contribution < -0.4 is 19.1 Å². The fraction of sp³-hybridized carbons (Fsp3) is 0.314. The normalized spacial score (nSPS) is 13.1. The molecule has 0 aliphatic carbocycles. The summed E-state index contributed by atoms with van der Waals surface area (Å²) in [7, 11) is 4.79. The van der Waals surface area contributed by atoms with Gasteiger partial charge in [-0.3, -0.25) is 9.59 Å². The van der Waals surface area contributed by atoms with Crippen molar-refractivity contribution in [2.24, 2.45) is 0 Å². The molecule has 45 heavy (non-hydrogen) atoms. The van der Waals surface area contributed by atoms with Crippen LogP contribution >= 0.6 is 0 Å². The van der Waals surface area contributed by atoms with Gasteiger partial charge in [0.15, 0.2) is 17.3 Å². The maximum Gasteiger partial charge on any atom is 0.254 e. The molecule has 1 aliphatic heterocycles. The third kappa shape index (κ3) is 7.89. The van der Waals surface area contributed by atoms with Crippen molar-refractivity contribution in [1.82, 2.24) is 20.0 Å². The van der Waals surface area contributed by atoms with Gasteiger partial charge in [-0.2, -0.15) is 0 Å². The average Bonchev–Trinajstić information content (AvgIpc) is 3.36. The van der Waals surface area contributed by atoms with Crippen molar-refractivity contribution >= 4 is 17.6 Å². The van der Waals surface area contributed by atoms with Crippen LogP contribution in [0, 0.1) is 0 Å². The highest BCUT2D eigenvalue weighted by Crippen LogP contribution is 2.31. The maximum atomic E-state index is 13.6. The van der Waals surface area contributed by atoms with Crippen molar-refractivity contribution in [3.8, 4) is 28.5 Å². The van der Waals surface area contributed by atoms with Gasteiger partial charge in [0.2, 0.25) is 5.91 Å². The van der Waals surface area contributed by atoms with Gasteiger partial charge in [-0.15, -0.1) is 10.2 Å². The number of aromatic nitrogens is 2. The van der Waals surface area contributed by atoms with Crippen LogP contribution in [0.25, 0.3) is 11.3 Å². The van der Waals surface area contributed by atoms with Crippen molar-refractivity contribution < 1.29 is 23.8 Å². The van der Waals surface area contributed by atoms with Gasteiger partial charge in [-0.05, 0) is 73.0 Å². The molecular formula is C35H39N5O5. The van der Waals surface area contributed by atoms with Gasteiger partial charge in [0.05, 0.1) is 27.0 Å². The Balaban J connectivity index is 1.23. The second-order valence-corrected chi connectivity index (χ2v) is 10.8. The Hall–Kier alpha value is -5.12. The van der Waals surface area contributed by atoms with Gasteiger partial charge in [-0.1, -0.05) is 30.3 Å². The first kappa shape index (κ1) is 31.3. The summed E-state index contributed by atoms with van der Waals surface area (Å²) < 4.78 is 16.0. The number of anilines is 1. The Bertz CT molecular complexity index is 1560. The predicted molar refractivity (Wildman–Crippen MR) is 173 cm³/mol. The Morgan fingerprint density at radius 3 is 2.24 bits per heavy atom. The molecule has 4 aromatic rings. The summed E-state index contributed by atoms with van der Waals surface area (Å²) in [6.45, 7) is 2.94. The van der Waals surface area contributed by atoms with Crippen LogP contribution in [-0.2, 0) is 11.2 Å². The SMILES string of the molecule is COc1ccc(C(=O)N(CCc2ccccc2)CC(=O)N2CCCN(c3ccc(-c4ccc(OC)c(OC)c4)nn3)CC2)cc1. The lowest BCUT2D eigenvalue weighted by molar-refractivity contribution is -0.131. The van der Waals surface area contributed by atoms with E-state index < -0.39 is 0 Å². The topological polar surface area (TPSA) is 97.3 Å². The van der Waals surface area contributed by atoms with E-state index in [4.69, 9.17) is 14.2 Å². The molecule has 0 radical (unpaired) electrons. The number of benzene rings is 3. The minimum atomic E-state index is -0.178. The monoisotopic (exact) mass is 609 g/mol. The van der Waals surface area contributed by atoms with E-state index in [1.54, 1.807) is 50.5 Å². The first-order valence-electron chi connectivity index (χ1n) is 15.0. The predicted octanol–water partition coefficient (Wildman–Crippen LogP) is 4.59. The zero-order valence-electron chi connectivity index (χ0n) is 26.0. The molecule has 2 heterocycles. The Kier molecular flexibility index (Phi) is 10.5. The van der Waals surface area contributed by atoms with E-state index in [2.05, 4.69) is 15.1 Å². The molecule has 10 heteroatoms. The highest BCUT2D eigenvalue weighted by molar-refractivity contribution is 5.96. The Morgan fingerprint density at radius 2 is 1.56 bits per heavy atom. The summed E-state index contributed by atoms with van der Waals surface area (Å²) in [4.78, 5) is 32.8. The number of hydrogen-bond acceptors (Lipinski definition) is 8. The van der Waals surface area contributed by atoms with E-state index in [1.165, 1.54) is 0 Å². The van der Waals surface area contributed by atoms with Gasteiger partial charge < -0.3 is 28.9 Å². The molecule has 0 spiro atoms. The fourth-order valence-electron chi connectivity index (χ4n) is 5.38. The number of ether oxygens (including phenoxy) is 3. The number of rotatable bonds is 11. The first-order chi connectivity index (χ1) is 22.0. The number of hydrogen-bond donors (Lipinski definition) is 0. The molecule has 10 nitrogen and oxygen atoms in total. The fourth-order valence-corrected chi connectivity index (χ4v) is 5.38. The minimum Gasteiger partial charge on any atom is -0.497 e. The van der Waals surface area contributed by atoms with Gasteiger partial charge in [0, 0.05) is 43.9 Å². The molecule has 1 aromatic heterocycles. The van der Waals surface area contributed by atoms with Crippen LogP contribution in [-0.4, -0.2) is 92.4 Å². The van der Waals surface area contributed by atoms with Gasteiger partial charge in [0.25, 0.3) is 5.91 Å². The molecule has 0 N–H and O–H groups in total. The zero-order valence-corrected chi connectivity index (χ0v) is 26.0. The summed E-state index contributed by atoms with van der Waals surface area (Å²) in [6.07, 6.45) is 1.43. The van der Waals surface area contributed by atoms with Crippen molar-refractivity contribution in [2.45, 2.75) is 12.8 Å². The maximum absolute atomic E-state index is 13.6. The molecule has 234 valence electrons. The van der Waals surface area contributed by atoms with E-state index in [-0.39, 0.29) is 18.4 Å².